The average Bonchev–Trinajstić information content (AvgIpc) is 2.27. The van der Waals surface area contributed by atoms with Crippen LogP contribution in [0.3, 0.4) is 0 Å². The lowest BCUT2D eigenvalue weighted by Gasteiger charge is -2.07. The highest BCUT2D eigenvalue weighted by molar-refractivity contribution is 5.99. The second-order valence-electron chi connectivity index (χ2n) is 3.52. The third-order valence-corrected chi connectivity index (χ3v) is 2.31. The first kappa shape index (κ1) is 12.4. The molecule has 1 aromatic carbocycles. The maximum atomic E-state index is 12.8. The highest BCUT2D eigenvalue weighted by Gasteiger charge is 2.21. The van der Waals surface area contributed by atoms with Gasteiger partial charge in [-0.25, -0.2) is 4.39 Å². The van der Waals surface area contributed by atoms with Gasteiger partial charge in [0.15, 0.2) is 5.78 Å². The normalized spacial score (nSPS) is 11.9. The second kappa shape index (κ2) is 5.39. The Bertz CT molecular complexity index is 401. The van der Waals surface area contributed by atoms with Crippen molar-refractivity contribution < 1.29 is 18.7 Å². The summed E-state index contributed by atoms with van der Waals surface area (Å²) in [5.74, 6) is -2.05. The molecule has 0 bridgehead atoms. The van der Waals surface area contributed by atoms with Crippen LogP contribution in [0.1, 0.15) is 12.5 Å². The minimum absolute atomic E-state index is 0.0357. The number of ether oxygens (including phenoxy) is 1. The van der Waals surface area contributed by atoms with Gasteiger partial charge in [-0.3, -0.25) is 9.59 Å². The Hall–Kier alpha value is -1.71. The van der Waals surface area contributed by atoms with Crippen molar-refractivity contribution in [2.24, 2.45) is 5.92 Å². The summed E-state index contributed by atoms with van der Waals surface area (Å²) < 4.78 is 17.3. The van der Waals surface area contributed by atoms with E-state index in [-0.39, 0.29) is 12.2 Å². The molecular formula is C12H13FO3. The van der Waals surface area contributed by atoms with Crippen molar-refractivity contribution in [3.63, 3.8) is 0 Å². The Balaban J connectivity index is 2.68. The molecule has 0 N–H and O–H groups in total. The monoisotopic (exact) mass is 224 g/mol. The predicted octanol–water partition coefficient (Wildman–Crippen LogP) is 1.75. The number of carbonyl (C=O) groups excluding carboxylic acids is 2. The number of esters is 1. The van der Waals surface area contributed by atoms with Crippen LogP contribution in [-0.4, -0.2) is 18.9 Å². The Kier molecular flexibility index (Phi) is 4.17. The molecule has 1 rings (SSSR count). The van der Waals surface area contributed by atoms with Crippen molar-refractivity contribution in [2.45, 2.75) is 13.3 Å². The second-order valence-corrected chi connectivity index (χ2v) is 3.52. The van der Waals surface area contributed by atoms with Crippen LogP contribution in [0.25, 0.3) is 0 Å². The molecule has 0 aliphatic rings. The molecule has 3 nitrogen and oxygen atoms in total. The van der Waals surface area contributed by atoms with E-state index in [9.17, 15) is 14.0 Å². The molecule has 1 atom stereocenters. The number of methoxy groups -OCH3 is 1. The lowest BCUT2D eigenvalue weighted by atomic mass is 9.99. The van der Waals surface area contributed by atoms with E-state index in [0.717, 1.165) is 0 Å². The zero-order chi connectivity index (χ0) is 12.1. The summed E-state index contributed by atoms with van der Waals surface area (Å²) in [5.41, 5.74) is 0.556. The van der Waals surface area contributed by atoms with Gasteiger partial charge in [-0.1, -0.05) is 12.1 Å². The molecule has 0 heterocycles. The summed E-state index contributed by atoms with van der Waals surface area (Å²) in [5, 5.41) is 0. The summed E-state index contributed by atoms with van der Waals surface area (Å²) in [6, 6.07) is 5.76. The van der Waals surface area contributed by atoms with Crippen molar-refractivity contribution in [1.29, 1.82) is 0 Å². The lowest BCUT2D eigenvalue weighted by Crippen LogP contribution is -2.23. The average molecular weight is 224 g/mol. The van der Waals surface area contributed by atoms with Crippen LogP contribution in [0.2, 0.25) is 0 Å². The molecule has 0 radical (unpaired) electrons. The summed E-state index contributed by atoms with van der Waals surface area (Å²) in [7, 11) is 1.23. The molecule has 1 aromatic rings. The first-order valence-corrected chi connectivity index (χ1v) is 4.89. The topological polar surface area (TPSA) is 43.4 Å². The van der Waals surface area contributed by atoms with Gasteiger partial charge < -0.3 is 4.74 Å². The standard InChI is InChI=1S/C12H13FO3/c1-8(12(15)16-2)11(14)7-9-4-3-5-10(13)6-9/h3-6,8H,7H2,1-2H3. The molecule has 1 unspecified atom stereocenters. The number of ketones is 1. The van der Waals surface area contributed by atoms with Gasteiger partial charge in [0.25, 0.3) is 0 Å². The van der Waals surface area contributed by atoms with E-state index in [4.69, 9.17) is 0 Å². The molecule has 4 heteroatoms. The molecule has 0 aliphatic heterocycles. The van der Waals surface area contributed by atoms with Crippen LogP contribution in [0.5, 0.6) is 0 Å². The molecular weight excluding hydrogens is 211 g/mol. The van der Waals surface area contributed by atoms with E-state index in [2.05, 4.69) is 4.74 Å². The van der Waals surface area contributed by atoms with Gasteiger partial charge in [-0.05, 0) is 24.6 Å². The van der Waals surface area contributed by atoms with Gasteiger partial charge >= 0.3 is 5.97 Å². The van der Waals surface area contributed by atoms with Crippen molar-refractivity contribution in [1.82, 2.24) is 0 Å². The van der Waals surface area contributed by atoms with E-state index in [1.165, 1.54) is 32.2 Å². The third-order valence-electron chi connectivity index (χ3n) is 2.31. The SMILES string of the molecule is COC(=O)C(C)C(=O)Cc1cccc(F)c1. The molecule has 0 amide bonds. The number of hydrogen-bond acceptors (Lipinski definition) is 3. The minimum Gasteiger partial charge on any atom is -0.468 e. The Labute approximate surface area is 93.2 Å². The van der Waals surface area contributed by atoms with Gasteiger partial charge in [-0.15, -0.1) is 0 Å². The van der Waals surface area contributed by atoms with E-state index in [1.54, 1.807) is 6.07 Å². The number of halogens is 1. The molecule has 0 saturated carbocycles. The van der Waals surface area contributed by atoms with Gasteiger partial charge in [-0.2, -0.15) is 0 Å². The van der Waals surface area contributed by atoms with Gasteiger partial charge in [0.2, 0.25) is 0 Å². The van der Waals surface area contributed by atoms with Gasteiger partial charge in [0.05, 0.1) is 7.11 Å². The zero-order valence-electron chi connectivity index (χ0n) is 9.20. The number of benzene rings is 1. The van der Waals surface area contributed by atoms with Gasteiger partial charge in [0, 0.05) is 6.42 Å². The van der Waals surface area contributed by atoms with E-state index < -0.39 is 17.7 Å². The summed E-state index contributed by atoms with van der Waals surface area (Å²) in [6.45, 7) is 1.48. The van der Waals surface area contributed by atoms with Crippen molar-refractivity contribution in [2.75, 3.05) is 7.11 Å². The summed E-state index contributed by atoms with van der Waals surface area (Å²) in [4.78, 5) is 22.7. The maximum Gasteiger partial charge on any atom is 0.315 e. The Morgan fingerprint density at radius 3 is 2.69 bits per heavy atom. The number of Topliss-reactive ketones (excluding diaryl/α,β-unsaturated/α-hetero) is 1. The van der Waals surface area contributed by atoms with Crippen LogP contribution >= 0.6 is 0 Å². The number of rotatable bonds is 4. The van der Waals surface area contributed by atoms with Gasteiger partial charge in [0.1, 0.15) is 11.7 Å². The largest absolute Gasteiger partial charge is 0.468 e. The molecule has 16 heavy (non-hydrogen) atoms. The minimum atomic E-state index is -0.812. The molecule has 0 aliphatic carbocycles. The summed E-state index contributed by atoms with van der Waals surface area (Å²) in [6.07, 6.45) is 0.0357. The third kappa shape index (κ3) is 3.15. The maximum absolute atomic E-state index is 12.8. The fourth-order valence-electron chi connectivity index (χ4n) is 1.31. The Morgan fingerprint density at radius 1 is 1.44 bits per heavy atom. The van der Waals surface area contributed by atoms with Crippen LogP contribution < -0.4 is 0 Å². The molecule has 0 saturated heterocycles. The molecule has 0 fully saturated rings. The zero-order valence-corrected chi connectivity index (χ0v) is 9.20. The fraction of sp³-hybridized carbons (Fsp3) is 0.333. The van der Waals surface area contributed by atoms with Crippen molar-refractivity contribution >= 4 is 11.8 Å². The van der Waals surface area contributed by atoms with E-state index in [0.29, 0.717) is 5.56 Å². The number of hydrogen-bond donors (Lipinski definition) is 0. The van der Waals surface area contributed by atoms with Crippen LogP contribution in [0.4, 0.5) is 4.39 Å². The van der Waals surface area contributed by atoms with Crippen LogP contribution in [0.15, 0.2) is 24.3 Å². The first-order valence-electron chi connectivity index (χ1n) is 4.89. The van der Waals surface area contributed by atoms with Crippen LogP contribution in [0, 0.1) is 11.7 Å². The molecule has 0 spiro atoms. The Morgan fingerprint density at radius 2 is 2.12 bits per heavy atom. The smallest absolute Gasteiger partial charge is 0.315 e. The molecule has 86 valence electrons. The molecule has 0 aromatic heterocycles. The highest BCUT2D eigenvalue weighted by atomic mass is 19.1. The summed E-state index contributed by atoms with van der Waals surface area (Å²) >= 11 is 0. The highest BCUT2D eigenvalue weighted by Crippen LogP contribution is 2.09. The van der Waals surface area contributed by atoms with Crippen molar-refractivity contribution in [3.05, 3.63) is 35.6 Å². The van der Waals surface area contributed by atoms with Crippen LogP contribution in [-0.2, 0) is 20.7 Å². The van der Waals surface area contributed by atoms with E-state index in [1.807, 2.05) is 0 Å². The quantitative estimate of drug-likeness (QED) is 0.578. The fourth-order valence-corrected chi connectivity index (χ4v) is 1.31. The number of carbonyl (C=O) groups is 2. The predicted molar refractivity (Wildman–Crippen MR) is 56.3 cm³/mol. The van der Waals surface area contributed by atoms with E-state index >= 15 is 0 Å². The first-order chi connectivity index (χ1) is 7.54. The van der Waals surface area contributed by atoms with Crippen molar-refractivity contribution in [3.8, 4) is 0 Å². The lowest BCUT2D eigenvalue weighted by molar-refractivity contribution is -0.148.